The van der Waals surface area contributed by atoms with Crippen LogP contribution in [0.5, 0.6) is 0 Å². The second-order valence-corrected chi connectivity index (χ2v) is 3.64. The SMILES string of the molecule is NC(=O)N1CCN=C1c1ccc(Cl)cc1. The lowest BCUT2D eigenvalue weighted by Crippen LogP contribution is -2.38. The van der Waals surface area contributed by atoms with Gasteiger partial charge in [0.1, 0.15) is 5.84 Å². The molecule has 1 aromatic carbocycles. The molecule has 0 atom stereocenters. The molecule has 78 valence electrons. The molecule has 0 saturated carbocycles. The first-order valence-electron chi connectivity index (χ1n) is 4.56. The van der Waals surface area contributed by atoms with E-state index in [2.05, 4.69) is 4.99 Å². The van der Waals surface area contributed by atoms with Gasteiger partial charge in [-0.2, -0.15) is 0 Å². The molecular weight excluding hydrogens is 214 g/mol. The van der Waals surface area contributed by atoms with Gasteiger partial charge in [-0.05, 0) is 24.3 Å². The molecule has 0 unspecified atom stereocenters. The van der Waals surface area contributed by atoms with Gasteiger partial charge in [-0.15, -0.1) is 0 Å². The van der Waals surface area contributed by atoms with Gasteiger partial charge in [0, 0.05) is 17.1 Å². The molecule has 1 aliphatic heterocycles. The van der Waals surface area contributed by atoms with Crippen LogP contribution in [0.1, 0.15) is 5.56 Å². The van der Waals surface area contributed by atoms with Crippen molar-refractivity contribution in [2.24, 2.45) is 10.7 Å². The number of nitrogens with two attached hydrogens (primary N) is 1. The van der Waals surface area contributed by atoms with Gasteiger partial charge in [-0.25, -0.2) is 4.79 Å². The van der Waals surface area contributed by atoms with E-state index in [0.717, 1.165) is 5.56 Å². The topological polar surface area (TPSA) is 58.7 Å². The van der Waals surface area contributed by atoms with Crippen LogP contribution in [0, 0.1) is 0 Å². The van der Waals surface area contributed by atoms with E-state index in [0.29, 0.717) is 23.9 Å². The Kier molecular flexibility index (Phi) is 2.60. The molecule has 0 aromatic heterocycles. The molecule has 1 heterocycles. The Hall–Kier alpha value is -1.55. The van der Waals surface area contributed by atoms with Crippen molar-refractivity contribution in [3.8, 4) is 0 Å². The largest absolute Gasteiger partial charge is 0.351 e. The minimum Gasteiger partial charge on any atom is -0.351 e. The monoisotopic (exact) mass is 223 g/mol. The molecule has 0 radical (unpaired) electrons. The number of amidine groups is 1. The van der Waals surface area contributed by atoms with Crippen molar-refractivity contribution < 1.29 is 4.79 Å². The molecular formula is C10H10ClN3O. The predicted molar refractivity (Wildman–Crippen MR) is 59.1 cm³/mol. The lowest BCUT2D eigenvalue weighted by atomic mass is 10.2. The number of carbonyl (C=O) groups excluding carboxylic acids is 1. The highest BCUT2D eigenvalue weighted by atomic mass is 35.5. The summed E-state index contributed by atoms with van der Waals surface area (Å²) in [5.74, 6) is 0.624. The predicted octanol–water partition coefficient (Wildman–Crippen LogP) is 1.48. The first-order chi connectivity index (χ1) is 7.18. The fraction of sp³-hybridized carbons (Fsp3) is 0.200. The van der Waals surface area contributed by atoms with E-state index in [1.807, 2.05) is 12.1 Å². The number of amides is 2. The van der Waals surface area contributed by atoms with E-state index in [1.165, 1.54) is 4.90 Å². The van der Waals surface area contributed by atoms with Crippen molar-refractivity contribution in [1.29, 1.82) is 0 Å². The molecule has 15 heavy (non-hydrogen) atoms. The van der Waals surface area contributed by atoms with Gasteiger partial charge in [0.25, 0.3) is 0 Å². The van der Waals surface area contributed by atoms with E-state index in [-0.39, 0.29) is 0 Å². The molecule has 0 spiro atoms. The normalized spacial score (nSPS) is 15.3. The number of hydrogen-bond donors (Lipinski definition) is 1. The zero-order chi connectivity index (χ0) is 10.8. The summed E-state index contributed by atoms with van der Waals surface area (Å²) < 4.78 is 0. The number of halogens is 1. The van der Waals surface area contributed by atoms with Gasteiger partial charge in [0.15, 0.2) is 0 Å². The Labute approximate surface area is 92.3 Å². The maximum Gasteiger partial charge on any atom is 0.320 e. The van der Waals surface area contributed by atoms with E-state index < -0.39 is 6.03 Å². The van der Waals surface area contributed by atoms with Crippen molar-refractivity contribution >= 4 is 23.5 Å². The first-order valence-corrected chi connectivity index (χ1v) is 4.93. The molecule has 2 N–H and O–H groups in total. The summed E-state index contributed by atoms with van der Waals surface area (Å²) >= 11 is 5.77. The van der Waals surface area contributed by atoms with E-state index in [4.69, 9.17) is 17.3 Å². The summed E-state index contributed by atoms with van der Waals surface area (Å²) in [5, 5.41) is 0.656. The molecule has 0 fully saturated rings. The Morgan fingerprint density at radius 3 is 2.67 bits per heavy atom. The van der Waals surface area contributed by atoms with Crippen molar-refractivity contribution in [3.05, 3.63) is 34.9 Å². The maximum atomic E-state index is 11.1. The molecule has 1 aliphatic rings. The van der Waals surface area contributed by atoms with Crippen LogP contribution in [0.3, 0.4) is 0 Å². The number of rotatable bonds is 1. The molecule has 0 aliphatic carbocycles. The smallest absolute Gasteiger partial charge is 0.320 e. The Balaban J connectivity index is 2.30. The summed E-state index contributed by atoms with van der Waals surface area (Å²) in [7, 11) is 0. The van der Waals surface area contributed by atoms with E-state index >= 15 is 0 Å². The Morgan fingerprint density at radius 2 is 2.07 bits per heavy atom. The highest BCUT2D eigenvalue weighted by Crippen LogP contribution is 2.14. The van der Waals surface area contributed by atoms with Gasteiger partial charge in [0.2, 0.25) is 0 Å². The third-order valence-electron chi connectivity index (χ3n) is 2.21. The average molecular weight is 224 g/mol. The summed E-state index contributed by atoms with van der Waals surface area (Å²) in [6.07, 6.45) is 0. The average Bonchev–Trinajstić information content (AvgIpc) is 2.67. The number of urea groups is 1. The van der Waals surface area contributed by atoms with Crippen LogP contribution in [0.25, 0.3) is 0 Å². The number of aliphatic imine (C=N–C) groups is 1. The van der Waals surface area contributed by atoms with Crippen LogP contribution in [0.4, 0.5) is 4.79 Å². The van der Waals surface area contributed by atoms with Crippen molar-refractivity contribution in [3.63, 3.8) is 0 Å². The summed E-state index contributed by atoms with van der Waals surface area (Å²) in [6.45, 7) is 1.15. The molecule has 2 rings (SSSR count). The number of primary amides is 1. The fourth-order valence-electron chi connectivity index (χ4n) is 1.51. The second kappa shape index (κ2) is 3.90. The van der Waals surface area contributed by atoms with Gasteiger partial charge in [-0.1, -0.05) is 11.6 Å². The molecule has 0 saturated heterocycles. The lowest BCUT2D eigenvalue weighted by molar-refractivity contribution is 0.232. The Morgan fingerprint density at radius 1 is 1.40 bits per heavy atom. The lowest BCUT2D eigenvalue weighted by Gasteiger charge is -2.15. The van der Waals surface area contributed by atoms with Crippen LogP contribution in [0.15, 0.2) is 29.3 Å². The minimum absolute atomic E-state index is 0.471. The van der Waals surface area contributed by atoms with Crippen LogP contribution in [-0.4, -0.2) is 29.9 Å². The maximum absolute atomic E-state index is 11.1. The number of benzene rings is 1. The molecule has 5 heteroatoms. The molecule has 0 bridgehead atoms. The number of hydrogen-bond acceptors (Lipinski definition) is 2. The van der Waals surface area contributed by atoms with E-state index in [1.54, 1.807) is 12.1 Å². The van der Waals surface area contributed by atoms with Crippen LogP contribution in [0.2, 0.25) is 5.02 Å². The van der Waals surface area contributed by atoms with Crippen LogP contribution in [-0.2, 0) is 0 Å². The summed E-state index contributed by atoms with van der Waals surface area (Å²) in [5.41, 5.74) is 6.09. The quantitative estimate of drug-likeness (QED) is 0.770. The van der Waals surface area contributed by atoms with Gasteiger partial charge in [0.05, 0.1) is 6.54 Å². The summed E-state index contributed by atoms with van der Waals surface area (Å²) in [4.78, 5) is 16.8. The van der Waals surface area contributed by atoms with Crippen LogP contribution < -0.4 is 5.73 Å². The fourth-order valence-corrected chi connectivity index (χ4v) is 1.63. The third-order valence-corrected chi connectivity index (χ3v) is 2.46. The number of carbonyl (C=O) groups is 1. The summed E-state index contributed by atoms with van der Waals surface area (Å²) in [6, 6.07) is 6.69. The van der Waals surface area contributed by atoms with E-state index in [9.17, 15) is 4.79 Å². The zero-order valence-corrected chi connectivity index (χ0v) is 8.74. The zero-order valence-electron chi connectivity index (χ0n) is 7.98. The number of nitrogens with zero attached hydrogens (tertiary/aromatic N) is 2. The van der Waals surface area contributed by atoms with Gasteiger partial charge >= 0.3 is 6.03 Å². The minimum atomic E-state index is -0.471. The molecule has 2 amide bonds. The van der Waals surface area contributed by atoms with Crippen LogP contribution >= 0.6 is 11.6 Å². The van der Waals surface area contributed by atoms with Crippen molar-refractivity contribution in [2.75, 3.05) is 13.1 Å². The van der Waals surface area contributed by atoms with Gasteiger partial charge in [-0.3, -0.25) is 9.89 Å². The van der Waals surface area contributed by atoms with Crippen molar-refractivity contribution in [1.82, 2.24) is 4.90 Å². The standard InChI is InChI=1S/C10H10ClN3O/c11-8-3-1-7(2-4-8)9-13-5-6-14(9)10(12)15/h1-4H,5-6H2,(H2,12,15). The molecule has 1 aromatic rings. The third kappa shape index (κ3) is 1.94. The van der Waals surface area contributed by atoms with Gasteiger partial charge < -0.3 is 5.73 Å². The highest BCUT2D eigenvalue weighted by Gasteiger charge is 2.22. The Bertz CT molecular complexity index is 413. The highest BCUT2D eigenvalue weighted by molar-refractivity contribution is 6.30. The van der Waals surface area contributed by atoms with Crippen molar-refractivity contribution in [2.45, 2.75) is 0 Å². The molecule has 4 nitrogen and oxygen atoms in total. The first kappa shape index (κ1) is 9.98. The second-order valence-electron chi connectivity index (χ2n) is 3.20.